The van der Waals surface area contributed by atoms with Crippen LogP contribution in [0.2, 0.25) is 0 Å². The van der Waals surface area contributed by atoms with E-state index in [0.717, 1.165) is 27.8 Å². The van der Waals surface area contributed by atoms with Gasteiger partial charge >= 0.3 is 0 Å². The molecule has 0 unspecified atom stereocenters. The molecule has 56 heavy (non-hydrogen) atoms. The van der Waals surface area contributed by atoms with Gasteiger partial charge in [-0.25, -0.2) is 15.0 Å². The molecule has 10 aromatic rings. The van der Waals surface area contributed by atoms with Gasteiger partial charge in [-0.1, -0.05) is 178 Å². The molecule has 1 aliphatic carbocycles. The van der Waals surface area contributed by atoms with Gasteiger partial charge in [0.05, 0.1) is 0 Å². The Kier molecular flexibility index (Phi) is 7.38. The molecule has 0 fully saturated rings. The molecule has 3 nitrogen and oxygen atoms in total. The van der Waals surface area contributed by atoms with Crippen LogP contribution in [0.15, 0.2) is 176 Å². The molecule has 0 atom stereocenters. The highest BCUT2D eigenvalue weighted by Crippen LogP contribution is 2.57. The van der Waals surface area contributed by atoms with Crippen LogP contribution in [0.3, 0.4) is 0 Å². The lowest BCUT2D eigenvalue weighted by Crippen LogP contribution is -2.15. The first-order valence-corrected chi connectivity index (χ1v) is 19.9. The normalized spacial score (nSPS) is 13.0. The van der Waals surface area contributed by atoms with Crippen LogP contribution >= 0.6 is 11.3 Å². The Bertz CT molecular complexity index is 3030. The first kappa shape index (κ1) is 32.7. The minimum Gasteiger partial charge on any atom is -0.208 e. The van der Waals surface area contributed by atoms with Gasteiger partial charge < -0.3 is 0 Å². The van der Waals surface area contributed by atoms with Gasteiger partial charge in [0, 0.05) is 47.7 Å². The summed E-state index contributed by atoms with van der Waals surface area (Å²) in [7, 11) is 0. The topological polar surface area (TPSA) is 38.7 Å². The number of hydrogen-bond donors (Lipinski definition) is 0. The van der Waals surface area contributed by atoms with Crippen molar-refractivity contribution in [3.8, 4) is 67.5 Å². The number of nitrogens with zero attached hydrogens (tertiary/aromatic N) is 3. The number of thiophene rings is 1. The van der Waals surface area contributed by atoms with Crippen molar-refractivity contribution in [3.63, 3.8) is 0 Å². The zero-order valence-electron chi connectivity index (χ0n) is 31.0. The number of benzene rings is 8. The Hall–Kier alpha value is -6.75. The Labute approximate surface area is 329 Å². The number of fused-ring (bicyclic) bond motifs is 10. The molecule has 264 valence electrons. The molecule has 0 bridgehead atoms. The molecule has 0 saturated heterocycles. The predicted octanol–water partition coefficient (Wildman–Crippen LogP) is 14.0. The van der Waals surface area contributed by atoms with E-state index in [9.17, 15) is 0 Å². The summed E-state index contributed by atoms with van der Waals surface area (Å²) in [6.45, 7) is 4.77. The number of aromatic nitrogens is 3. The zero-order chi connectivity index (χ0) is 37.4. The number of hydrogen-bond acceptors (Lipinski definition) is 4. The fourth-order valence-electron chi connectivity index (χ4n) is 8.76. The van der Waals surface area contributed by atoms with Gasteiger partial charge in [-0.15, -0.1) is 11.3 Å². The largest absolute Gasteiger partial charge is 0.208 e. The van der Waals surface area contributed by atoms with Crippen LogP contribution in [0.1, 0.15) is 25.0 Å². The highest BCUT2D eigenvalue weighted by molar-refractivity contribution is 7.26. The second-order valence-electron chi connectivity index (χ2n) is 15.2. The zero-order valence-corrected chi connectivity index (χ0v) is 31.8. The molecule has 11 rings (SSSR count). The average Bonchev–Trinajstić information content (AvgIpc) is 3.76. The lowest BCUT2D eigenvalue weighted by molar-refractivity contribution is 0.667. The fraction of sp³-hybridized carbons (Fsp3) is 0.0577. The SMILES string of the molecule is CC1(C)c2ccc(-c3nc(-c4ccc(-c5ccccc5)cc4)nc(-c4ccc(-c5ccccc5)cc4)n3)cc2-c2c1c1c3ccccc3sc1c1ccccc21. The average molecular weight is 734 g/mol. The van der Waals surface area contributed by atoms with Gasteiger partial charge in [-0.2, -0.15) is 0 Å². The van der Waals surface area contributed by atoms with Crippen molar-refractivity contribution >= 4 is 42.3 Å². The second-order valence-corrected chi connectivity index (χ2v) is 16.2. The minimum absolute atomic E-state index is 0.203. The molecular formula is C52H35N3S. The van der Waals surface area contributed by atoms with Crippen molar-refractivity contribution in [2.24, 2.45) is 0 Å². The molecule has 1 aliphatic rings. The summed E-state index contributed by atoms with van der Waals surface area (Å²) in [6.07, 6.45) is 0. The lowest BCUT2D eigenvalue weighted by atomic mass is 9.79. The summed E-state index contributed by atoms with van der Waals surface area (Å²) in [5.74, 6) is 1.95. The van der Waals surface area contributed by atoms with Gasteiger partial charge in [0.15, 0.2) is 17.5 Å². The van der Waals surface area contributed by atoms with Gasteiger partial charge in [0.2, 0.25) is 0 Å². The van der Waals surface area contributed by atoms with Crippen molar-refractivity contribution < 1.29 is 0 Å². The molecule has 2 heterocycles. The van der Waals surface area contributed by atoms with E-state index in [1.807, 2.05) is 23.5 Å². The van der Waals surface area contributed by atoms with E-state index in [1.165, 1.54) is 64.3 Å². The quantitative estimate of drug-likeness (QED) is 0.177. The maximum Gasteiger partial charge on any atom is 0.164 e. The van der Waals surface area contributed by atoms with E-state index in [2.05, 4.69) is 178 Å². The molecular weight excluding hydrogens is 699 g/mol. The van der Waals surface area contributed by atoms with Crippen molar-refractivity contribution in [3.05, 3.63) is 187 Å². The maximum absolute atomic E-state index is 5.21. The standard InChI is InChI=1S/C52H35N3S/c1-52(2)43-30-29-38(31-42(43)45-39-17-9-10-18-40(39)48-46(47(45)52)41-19-11-12-20-44(41)56-48)51-54-49(36-25-21-34(22-26-36)32-13-5-3-6-14-32)53-50(55-51)37-27-23-35(24-28-37)33-15-7-4-8-16-33/h3-31H,1-2H3. The third-order valence-corrected chi connectivity index (χ3v) is 12.7. The lowest BCUT2D eigenvalue weighted by Gasteiger charge is -2.23. The second kappa shape index (κ2) is 12.7. The highest BCUT2D eigenvalue weighted by Gasteiger charge is 2.39. The molecule has 8 aromatic carbocycles. The summed E-state index contributed by atoms with van der Waals surface area (Å²) in [6, 6.07) is 62.6. The van der Waals surface area contributed by atoms with E-state index in [4.69, 9.17) is 15.0 Å². The van der Waals surface area contributed by atoms with Crippen LogP contribution in [0.4, 0.5) is 0 Å². The van der Waals surface area contributed by atoms with Gasteiger partial charge in [0.25, 0.3) is 0 Å². The van der Waals surface area contributed by atoms with Crippen LogP contribution in [0.25, 0.3) is 98.5 Å². The molecule has 0 spiro atoms. The Morgan fingerprint density at radius 2 is 0.857 bits per heavy atom. The molecule has 0 saturated carbocycles. The molecule has 0 N–H and O–H groups in total. The van der Waals surface area contributed by atoms with Crippen molar-refractivity contribution in [1.82, 2.24) is 15.0 Å². The summed E-state index contributed by atoms with van der Waals surface area (Å²) >= 11 is 1.91. The van der Waals surface area contributed by atoms with E-state index >= 15 is 0 Å². The van der Waals surface area contributed by atoms with Crippen LogP contribution in [-0.2, 0) is 5.41 Å². The number of rotatable bonds is 5. The molecule has 0 radical (unpaired) electrons. The summed E-state index contributed by atoms with van der Waals surface area (Å²) < 4.78 is 2.69. The first-order valence-electron chi connectivity index (χ1n) is 19.1. The van der Waals surface area contributed by atoms with Crippen molar-refractivity contribution in [1.29, 1.82) is 0 Å². The molecule has 0 amide bonds. The van der Waals surface area contributed by atoms with Crippen LogP contribution < -0.4 is 0 Å². The van der Waals surface area contributed by atoms with Crippen molar-refractivity contribution in [2.45, 2.75) is 19.3 Å². The third kappa shape index (κ3) is 5.14. The Balaban J connectivity index is 1.10. The van der Waals surface area contributed by atoms with Crippen molar-refractivity contribution in [2.75, 3.05) is 0 Å². The van der Waals surface area contributed by atoms with Gasteiger partial charge in [0.1, 0.15) is 0 Å². The fourth-order valence-corrected chi connectivity index (χ4v) is 10.0. The maximum atomic E-state index is 5.21. The summed E-state index contributed by atoms with van der Waals surface area (Å²) in [4.78, 5) is 15.5. The Morgan fingerprint density at radius 3 is 1.45 bits per heavy atom. The molecule has 0 aliphatic heterocycles. The minimum atomic E-state index is -0.203. The molecule has 2 aromatic heterocycles. The smallest absolute Gasteiger partial charge is 0.164 e. The first-order chi connectivity index (χ1) is 27.5. The van der Waals surface area contributed by atoms with Crippen LogP contribution in [-0.4, -0.2) is 15.0 Å². The van der Waals surface area contributed by atoms with E-state index < -0.39 is 0 Å². The monoisotopic (exact) mass is 733 g/mol. The van der Waals surface area contributed by atoms with Gasteiger partial charge in [-0.3, -0.25) is 0 Å². The van der Waals surface area contributed by atoms with E-state index in [0.29, 0.717) is 17.5 Å². The van der Waals surface area contributed by atoms with E-state index in [-0.39, 0.29) is 5.41 Å². The van der Waals surface area contributed by atoms with E-state index in [1.54, 1.807) is 0 Å². The predicted molar refractivity (Wildman–Crippen MR) is 235 cm³/mol. The van der Waals surface area contributed by atoms with Gasteiger partial charge in [-0.05, 0) is 62.0 Å². The van der Waals surface area contributed by atoms with Crippen LogP contribution in [0.5, 0.6) is 0 Å². The Morgan fingerprint density at radius 1 is 0.411 bits per heavy atom. The molecule has 4 heteroatoms. The van der Waals surface area contributed by atoms with Crippen LogP contribution in [0, 0.1) is 0 Å². The highest BCUT2D eigenvalue weighted by atomic mass is 32.1. The third-order valence-electron chi connectivity index (χ3n) is 11.5. The summed E-state index contributed by atoms with van der Waals surface area (Å²) in [5.41, 5.74) is 12.6. The summed E-state index contributed by atoms with van der Waals surface area (Å²) in [5, 5.41) is 5.31.